The molecule has 0 radical (unpaired) electrons. The fourth-order valence-corrected chi connectivity index (χ4v) is 2.45. The normalized spacial score (nSPS) is 10.2. The Bertz CT molecular complexity index is 786. The van der Waals surface area contributed by atoms with Crippen molar-refractivity contribution in [1.29, 1.82) is 0 Å². The second-order valence-electron chi connectivity index (χ2n) is 5.55. The van der Waals surface area contributed by atoms with Gasteiger partial charge in [0.2, 0.25) is 5.91 Å². The summed E-state index contributed by atoms with van der Waals surface area (Å²) in [7, 11) is 3.02. The summed E-state index contributed by atoms with van der Waals surface area (Å²) < 4.78 is 10.3. The monoisotopic (exact) mass is 376 g/mol. The van der Waals surface area contributed by atoms with Crippen LogP contribution in [0.5, 0.6) is 11.5 Å². The first-order valence-electron chi connectivity index (χ1n) is 8.10. The van der Waals surface area contributed by atoms with Crippen molar-refractivity contribution < 1.29 is 19.1 Å². The van der Waals surface area contributed by atoms with Crippen LogP contribution in [-0.2, 0) is 4.79 Å². The molecular formula is C19H21ClN2O4. The fraction of sp³-hybridized carbons (Fsp3) is 0.263. The molecule has 2 aromatic rings. The van der Waals surface area contributed by atoms with Crippen molar-refractivity contribution in [2.45, 2.75) is 19.8 Å². The van der Waals surface area contributed by atoms with Gasteiger partial charge in [-0.1, -0.05) is 18.5 Å². The number of methoxy groups -OCH3 is 2. The van der Waals surface area contributed by atoms with E-state index in [2.05, 4.69) is 10.6 Å². The highest BCUT2D eigenvalue weighted by molar-refractivity contribution is 6.34. The average Bonchev–Trinajstić information content (AvgIpc) is 2.64. The molecule has 0 saturated heterocycles. The number of benzene rings is 2. The number of halogens is 1. The minimum absolute atomic E-state index is 0.0929. The van der Waals surface area contributed by atoms with Crippen molar-refractivity contribution in [3.63, 3.8) is 0 Å². The number of nitrogens with one attached hydrogen (secondary N) is 2. The van der Waals surface area contributed by atoms with Crippen LogP contribution >= 0.6 is 11.6 Å². The van der Waals surface area contributed by atoms with Gasteiger partial charge in [-0.2, -0.15) is 0 Å². The van der Waals surface area contributed by atoms with E-state index in [1.54, 1.807) is 36.4 Å². The van der Waals surface area contributed by atoms with E-state index in [0.717, 1.165) is 6.42 Å². The molecule has 0 aliphatic heterocycles. The highest BCUT2D eigenvalue weighted by Gasteiger charge is 2.13. The summed E-state index contributed by atoms with van der Waals surface area (Å²) in [5.41, 5.74) is 1.32. The van der Waals surface area contributed by atoms with Crippen LogP contribution in [-0.4, -0.2) is 26.0 Å². The van der Waals surface area contributed by atoms with E-state index in [4.69, 9.17) is 21.1 Å². The Labute approximate surface area is 157 Å². The van der Waals surface area contributed by atoms with Crippen LogP contribution in [0.15, 0.2) is 36.4 Å². The van der Waals surface area contributed by atoms with Gasteiger partial charge >= 0.3 is 0 Å². The lowest BCUT2D eigenvalue weighted by atomic mass is 10.1. The summed E-state index contributed by atoms with van der Waals surface area (Å²) in [6.07, 6.45) is 1.18. The summed E-state index contributed by atoms with van der Waals surface area (Å²) in [4.78, 5) is 24.3. The van der Waals surface area contributed by atoms with Gasteiger partial charge < -0.3 is 20.1 Å². The predicted octanol–water partition coefficient (Wildman–Crippen LogP) is 4.35. The van der Waals surface area contributed by atoms with Gasteiger partial charge in [0.05, 0.1) is 24.9 Å². The quantitative estimate of drug-likeness (QED) is 0.753. The van der Waals surface area contributed by atoms with Gasteiger partial charge in [-0.05, 0) is 36.8 Å². The molecule has 2 rings (SSSR count). The molecule has 7 heteroatoms. The van der Waals surface area contributed by atoms with E-state index < -0.39 is 0 Å². The Morgan fingerprint density at radius 1 is 1.00 bits per heavy atom. The van der Waals surface area contributed by atoms with Crippen LogP contribution < -0.4 is 20.1 Å². The molecule has 2 amide bonds. The fourth-order valence-electron chi connectivity index (χ4n) is 2.28. The summed E-state index contributed by atoms with van der Waals surface area (Å²) >= 11 is 6.17. The van der Waals surface area contributed by atoms with Crippen molar-refractivity contribution in [3.05, 3.63) is 47.0 Å². The first-order chi connectivity index (χ1) is 12.5. The standard InChI is InChI=1S/C19H21ClN2O4/c1-4-5-18(23)21-13-6-7-16(20)17(10-13)22-19(24)12-8-14(25-2)11-15(9-12)26-3/h6-11H,4-5H2,1-3H3,(H,21,23)(H,22,24). The lowest BCUT2D eigenvalue weighted by Gasteiger charge is -2.12. The smallest absolute Gasteiger partial charge is 0.255 e. The van der Waals surface area contributed by atoms with E-state index in [9.17, 15) is 9.59 Å². The van der Waals surface area contributed by atoms with E-state index in [0.29, 0.717) is 39.9 Å². The lowest BCUT2D eigenvalue weighted by molar-refractivity contribution is -0.116. The van der Waals surface area contributed by atoms with Gasteiger partial charge in [0.1, 0.15) is 11.5 Å². The number of hydrogen-bond acceptors (Lipinski definition) is 4. The molecule has 0 saturated carbocycles. The molecule has 0 heterocycles. The van der Waals surface area contributed by atoms with Crippen molar-refractivity contribution in [2.75, 3.05) is 24.9 Å². The Morgan fingerprint density at radius 3 is 2.23 bits per heavy atom. The van der Waals surface area contributed by atoms with Gasteiger partial charge in [-0.15, -0.1) is 0 Å². The minimum atomic E-state index is -0.374. The van der Waals surface area contributed by atoms with E-state index in [1.165, 1.54) is 14.2 Å². The molecule has 0 aliphatic carbocycles. The third-order valence-corrected chi connectivity index (χ3v) is 3.92. The third kappa shape index (κ3) is 5.13. The predicted molar refractivity (Wildman–Crippen MR) is 102 cm³/mol. The van der Waals surface area contributed by atoms with Crippen LogP contribution in [0.3, 0.4) is 0 Å². The molecule has 0 aliphatic rings. The second-order valence-corrected chi connectivity index (χ2v) is 5.96. The topological polar surface area (TPSA) is 76.7 Å². The molecular weight excluding hydrogens is 356 g/mol. The van der Waals surface area contributed by atoms with E-state index in [1.807, 2.05) is 6.92 Å². The Kier molecular flexibility index (Phi) is 6.86. The number of rotatable bonds is 7. The van der Waals surface area contributed by atoms with Crippen molar-refractivity contribution in [2.24, 2.45) is 0 Å². The van der Waals surface area contributed by atoms with Crippen LogP contribution in [0.1, 0.15) is 30.1 Å². The first-order valence-corrected chi connectivity index (χ1v) is 8.48. The number of amides is 2. The van der Waals surface area contributed by atoms with Crippen LogP contribution in [0, 0.1) is 0 Å². The zero-order valence-electron chi connectivity index (χ0n) is 14.9. The maximum atomic E-state index is 12.6. The zero-order valence-corrected chi connectivity index (χ0v) is 15.6. The molecule has 26 heavy (non-hydrogen) atoms. The SMILES string of the molecule is CCCC(=O)Nc1ccc(Cl)c(NC(=O)c2cc(OC)cc(OC)c2)c1. The number of ether oxygens (including phenoxy) is 2. The van der Waals surface area contributed by atoms with E-state index in [-0.39, 0.29) is 11.8 Å². The largest absolute Gasteiger partial charge is 0.497 e. The summed E-state index contributed by atoms with van der Waals surface area (Å²) in [6, 6.07) is 9.78. The maximum Gasteiger partial charge on any atom is 0.255 e. The number of anilines is 2. The van der Waals surface area contributed by atoms with Crippen molar-refractivity contribution in [3.8, 4) is 11.5 Å². The summed E-state index contributed by atoms with van der Waals surface area (Å²) in [6.45, 7) is 1.93. The molecule has 2 aromatic carbocycles. The molecule has 138 valence electrons. The van der Waals surface area contributed by atoms with Gasteiger partial charge in [0.25, 0.3) is 5.91 Å². The summed E-state index contributed by atoms with van der Waals surface area (Å²) in [5.74, 6) is 0.535. The first kappa shape index (κ1) is 19.6. The minimum Gasteiger partial charge on any atom is -0.497 e. The average molecular weight is 377 g/mol. The van der Waals surface area contributed by atoms with Crippen LogP contribution in [0.4, 0.5) is 11.4 Å². The van der Waals surface area contributed by atoms with Gasteiger partial charge in [0.15, 0.2) is 0 Å². The maximum absolute atomic E-state index is 12.6. The van der Waals surface area contributed by atoms with Crippen LogP contribution in [0.25, 0.3) is 0 Å². The number of carbonyl (C=O) groups is 2. The van der Waals surface area contributed by atoms with Gasteiger partial charge in [-0.3, -0.25) is 9.59 Å². The molecule has 6 nitrogen and oxygen atoms in total. The number of hydrogen-bond donors (Lipinski definition) is 2. The second kappa shape index (κ2) is 9.10. The van der Waals surface area contributed by atoms with Crippen LogP contribution in [0.2, 0.25) is 5.02 Å². The summed E-state index contributed by atoms with van der Waals surface area (Å²) in [5, 5.41) is 5.88. The number of carbonyl (C=O) groups excluding carboxylic acids is 2. The molecule has 0 bridgehead atoms. The van der Waals surface area contributed by atoms with Gasteiger partial charge in [0, 0.05) is 23.7 Å². The Hall–Kier alpha value is -2.73. The molecule has 0 fully saturated rings. The van der Waals surface area contributed by atoms with Crippen molar-refractivity contribution in [1.82, 2.24) is 0 Å². The highest BCUT2D eigenvalue weighted by Crippen LogP contribution is 2.28. The molecule has 0 atom stereocenters. The molecule has 0 unspecified atom stereocenters. The Morgan fingerprint density at radius 2 is 1.65 bits per heavy atom. The van der Waals surface area contributed by atoms with E-state index >= 15 is 0 Å². The van der Waals surface area contributed by atoms with Gasteiger partial charge in [-0.25, -0.2) is 0 Å². The van der Waals surface area contributed by atoms with Crippen molar-refractivity contribution >= 4 is 34.8 Å². The lowest BCUT2D eigenvalue weighted by Crippen LogP contribution is -2.14. The highest BCUT2D eigenvalue weighted by atomic mass is 35.5. The molecule has 2 N–H and O–H groups in total. The Balaban J connectivity index is 2.22. The zero-order chi connectivity index (χ0) is 19.1. The third-order valence-electron chi connectivity index (χ3n) is 3.59. The molecule has 0 spiro atoms. The molecule has 0 aromatic heterocycles.